The molecule has 0 aliphatic rings. The lowest BCUT2D eigenvalue weighted by atomic mass is 9.83. The second kappa shape index (κ2) is 15.9. The van der Waals surface area contributed by atoms with Crippen LogP contribution in [0.2, 0.25) is 0 Å². The Bertz CT molecular complexity index is 3860. The SMILES string of the molecule is c1ccc(-c2cccc(-c3c(-c4cccc5ccccc45)ccc(-c4ccccc4)c3-c3nc(-c4cccc5c4sc4ccccc45)cc(-c4cccc5c4sc4ccccc45)n3)c2)cc1. The molecule has 3 aromatic heterocycles. The van der Waals surface area contributed by atoms with Gasteiger partial charge in [-0.15, -0.1) is 22.7 Å². The van der Waals surface area contributed by atoms with E-state index >= 15 is 0 Å². The molecule has 13 rings (SSSR count). The van der Waals surface area contributed by atoms with E-state index in [4.69, 9.17) is 9.97 Å². The van der Waals surface area contributed by atoms with Crippen LogP contribution < -0.4 is 0 Å². The maximum absolute atomic E-state index is 5.79. The number of rotatable bonds is 7. The van der Waals surface area contributed by atoms with Gasteiger partial charge in [0.15, 0.2) is 5.82 Å². The minimum Gasteiger partial charge on any atom is -0.228 e. The van der Waals surface area contributed by atoms with E-state index in [1.165, 1.54) is 56.7 Å². The molecule has 0 unspecified atom stereocenters. The van der Waals surface area contributed by atoms with E-state index in [0.29, 0.717) is 5.82 Å². The average molecular weight is 875 g/mol. The van der Waals surface area contributed by atoms with Crippen molar-refractivity contribution in [2.75, 3.05) is 0 Å². The Kier molecular flexibility index (Phi) is 9.26. The monoisotopic (exact) mass is 874 g/mol. The largest absolute Gasteiger partial charge is 0.228 e. The van der Waals surface area contributed by atoms with E-state index in [1.54, 1.807) is 0 Å². The summed E-state index contributed by atoms with van der Waals surface area (Å²) >= 11 is 3.67. The summed E-state index contributed by atoms with van der Waals surface area (Å²) in [6, 6.07) is 83.4. The number of thiophene rings is 2. The lowest BCUT2D eigenvalue weighted by Gasteiger charge is -2.22. The highest BCUT2D eigenvalue weighted by atomic mass is 32.1. The van der Waals surface area contributed by atoms with Gasteiger partial charge in [-0.3, -0.25) is 0 Å². The number of benzene rings is 10. The predicted molar refractivity (Wildman–Crippen MR) is 283 cm³/mol. The zero-order chi connectivity index (χ0) is 43.6. The average Bonchev–Trinajstić information content (AvgIpc) is 3.97. The summed E-state index contributed by atoms with van der Waals surface area (Å²) in [5, 5.41) is 7.39. The van der Waals surface area contributed by atoms with Gasteiger partial charge in [0.05, 0.1) is 11.4 Å². The molecule has 0 bridgehead atoms. The van der Waals surface area contributed by atoms with Crippen LogP contribution in [0, 0.1) is 0 Å². The van der Waals surface area contributed by atoms with Crippen LogP contribution in [0.1, 0.15) is 0 Å². The molecule has 66 heavy (non-hydrogen) atoms. The summed E-state index contributed by atoms with van der Waals surface area (Å²) in [6.07, 6.45) is 0. The standard InChI is InChI=1S/C62H38N2S2/c1-3-17-39(18-4-1)42-23-13-24-43(37-42)58-49(46-28-14-22-40-21-7-8-25-44(40)46)36-35-45(41-19-5-2-6-20-41)59(58)62-63-54(52-31-15-29-50-47-26-9-11-33-56(47)65-60(50)52)38-55(64-62)53-32-16-30-51-48-27-10-12-34-57(48)66-61(51)53/h1-38H. The molecule has 0 atom stereocenters. The second-order valence-corrected chi connectivity index (χ2v) is 18.9. The molecular formula is C62H38N2S2. The molecule has 0 N–H and O–H groups in total. The van der Waals surface area contributed by atoms with Crippen molar-refractivity contribution >= 4 is 73.8 Å². The molecule has 0 fully saturated rings. The highest BCUT2D eigenvalue weighted by molar-refractivity contribution is 7.26. The first-order valence-electron chi connectivity index (χ1n) is 22.3. The zero-order valence-corrected chi connectivity index (χ0v) is 37.3. The Hall–Kier alpha value is -8.02. The third-order valence-electron chi connectivity index (χ3n) is 12.9. The van der Waals surface area contributed by atoms with E-state index < -0.39 is 0 Å². The summed E-state index contributed by atoms with van der Waals surface area (Å²) in [6.45, 7) is 0. The first-order valence-corrected chi connectivity index (χ1v) is 23.9. The molecule has 0 aliphatic heterocycles. The molecule has 2 nitrogen and oxygen atoms in total. The number of aromatic nitrogens is 2. The van der Waals surface area contributed by atoms with Gasteiger partial charge in [-0.2, -0.15) is 0 Å². The van der Waals surface area contributed by atoms with Crippen LogP contribution in [-0.4, -0.2) is 9.97 Å². The predicted octanol–water partition coefficient (Wildman–Crippen LogP) is 18.0. The molecule has 3 heterocycles. The molecule has 4 heteroatoms. The van der Waals surface area contributed by atoms with Gasteiger partial charge in [0.25, 0.3) is 0 Å². The summed E-state index contributed by atoms with van der Waals surface area (Å²) in [5.74, 6) is 0.680. The summed E-state index contributed by atoms with van der Waals surface area (Å²) < 4.78 is 4.97. The third-order valence-corrected chi connectivity index (χ3v) is 15.4. The van der Waals surface area contributed by atoms with Crippen molar-refractivity contribution in [3.05, 3.63) is 231 Å². The topological polar surface area (TPSA) is 25.8 Å². The normalized spacial score (nSPS) is 11.6. The van der Waals surface area contributed by atoms with Crippen molar-refractivity contribution in [3.8, 4) is 78.4 Å². The first-order chi connectivity index (χ1) is 32.7. The highest BCUT2D eigenvalue weighted by Gasteiger charge is 2.25. The van der Waals surface area contributed by atoms with Gasteiger partial charge in [0.1, 0.15) is 0 Å². The van der Waals surface area contributed by atoms with Crippen LogP contribution in [0.15, 0.2) is 231 Å². The Balaban J connectivity index is 1.18. The quantitative estimate of drug-likeness (QED) is 0.159. The van der Waals surface area contributed by atoms with Gasteiger partial charge in [0.2, 0.25) is 0 Å². The van der Waals surface area contributed by atoms with Gasteiger partial charge >= 0.3 is 0 Å². The number of nitrogens with zero attached hydrogens (tertiary/aromatic N) is 2. The molecule has 0 saturated carbocycles. The molecular weight excluding hydrogens is 837 g/mol. The fraction of sp³-hybridized carbons (Fsp3) is 0. The van der Waals surface area contributed by atoms with Crippen molar-refractivity contribution in [2.24, 2.45) is 0 Å². The van der Waals surface area contributed by atoms with E-state index in [-0.39, 0.29) is 0 Å². The summed E-state index contributed by atoms with van der Waals surface area (Å²) in [4.78, 5) is 11.6. The van der Waals surface area contributed by atoms with Crippen LogP contribution in [0.25, 0.3) is 130 Å². The molecule has 0 aliphatic carbocycles. The zero-order valence-electron chi connectivity index (χ0n) is 35.7. The van der Waals surface area contributed by atoms with Gasteiger partial charge < -0.3 is 0 Å². The van der Waals surface area contributed by atoms with Crippen LogP contribution in [0.3, 0.4) is 0 Å². The van der Waals surface area contributed by atoms with Crippen molar-refractivity contribution < 1.29 is 0 Å². The van der Waals surface area contributed by atoms with E-state index in [1.807, 2.05) is 22.7 Å². The van der Waals surface area contributed by atoms with Crippen LogP contribution >= 0.6 is 22.7 Å². The Morgan fingerprint density at radius 1 is 0.273 bits per heavy atom. The van der Waals surface area contributed by atoms with Gasteiger partial charge in [-0.25, -0.2) is 9.97 Å². The molecule has 308 valence electrons. The Morgan fingerprint density at radius 3 is 1.41 bits per heavy atom. The molecule has 0 radical (unpaired) electrons. The van der Waals surface area contributed by atoms with Crippen molar-refractivity contribution in [1.82, 2.24) is 9.97 Å². The number of fused-ring (bicyclic) bond motifs is 7. The molecule has 10 aromatic carbocycles. The van der Waals surface area contributed by atoms with Crippen LogP contribution in [0.4, 0.5) is 0 Å². The number of hydrogen-bond donors (Lipinski definition) is 0. The molecule has 0 amide bonds. The van der Waals surface area contributed by atoms with Crippen LogP contribution in [-0.2, 0) is 0 Å². The van der Waals surface area contributed by atoms with Crippen LogP contribution in [0.5, 0.6) is 0 Å². The fourth-order valence-corrected chi connectivity index (χ4v) is 12.3. The minimum atomic E-state index is 0.680. The highest BCUT2D eigenvalue weighted by Crippen LogP contribution is 2.49. The van der Waals surface area contributed by atoms with Gasteiger partial charge in [0, 0.05) is 62.6 Å². The lowest BCUT2D eigenvalue weighted by molar-refractivity contribution is 1.19. The Labute approximate surface area is 390 Å². The van der Waals surface area contributed by atoms with Gasteiger partial charge in [-0.05, 0) is 74.0 Å². The van der Waals surface area contributed by atoms with Crippen molar-refractivity contribution in [2.45, 2.75) is 0 Å². The Morgan fingerprint density at radius 2 is 0.742 bits per heavy atom. The smallest absolute Gasteiger partial charge is 0.161 e. The second-order valence-electron chi connectivity index (χ2n) is 16.8. The summed E-state index contributed by atoms with van der Waals surface area (Å²) in [7, 11) is 0. The lowest BCUT2D eigenvalue weighted by Crippen LogP contribution is -2.01. The molecule has 0 saturated heterocycles. The first kappa shape index (κ1) is 38.4. The third kappa shape index (κ3) is 6.45. The van der Waals surface area contributed by atoms with Crippen molar-refractivity contribution in [3.63, 3.8) is 0 Å². The molecule has 0 spiro atoms. The maximum Gasteiger partial charge on any atom is 0.161 e. The summed E-state index contributed by atoms with van der Waals surface area (Å²) in [5.41, 5.74) is 13.9. The molecule has 13 aromatic rings. The van der Waals surface area contributed by atoms with Gasteiger partial charge in [-0.1, -0.05) is 206 Å². The fourth-order valence-electron chi connectivity index (χ4n) is 9.90. The number of hydrogen-bond acceptors (Lipinski definition) is 4. The minimum absolute atomic E-state index is 0.680. The van der Waals surface area contributed by atoms with E-state index in [9.17, 15) is 0 Å². The van der Waals surface area contributed by atoms with Crippen molar-refractivity contribution in [1.29, 1.82) is 0 Å². The maximum atomic E-state index is 5.79. The van der Waals surface area contributed by atoms with E-state index in [2.05, 4.69) is 231 Å². The van der Waals surface area contributed by atoms with E-state index in [0.717, 1.165) is 67.0 Å².